The molecule has 19 heavy (non-hydrogen) atoms. The predicted molar refractivity (Wildman–Crippen MR) is 79.7 cm³/mol. The number of amides is 1. The van der Waals surface area contributed by atoms with Gasteiger partial charge in [-0.2, -0.15) is 0 Å². The van der Waals surface area contributed by atoms with Gasteiger partial charge in [0.1, 0.15) is 0 Å². The quantitative estimate of drug-likeness (QED) is 0.775. The van der Waals surface area contributed by atoms with Gasteiger partial charge in [-0.1, -0.05) is 17.7 Å². The lowest BCUT2D eigenvalue weighted by Gasteiger charge is -2.41. The van der Waals surface area contributed by atoms with Gasteiger partial charge in [0, 0.05) is 17.6 Å². The van der Waals surface area contributed by atoms with E-state index in [9.17, 15) is 4.79 Å². The van der Waals surface area contributed by atoms with E-state index in [0.717, 1.165) is 4.47 Å². The Labute approximate surface area is 127 Å². The highest BCUT2D eigenvalue weighted by atomic mass is 79.9. The van der Waals surface area contributed by atoms with Crippen LogP contribution in [0.5, 0.6) is 0 Å². The molecule has 0 radical (unpaired) electrons. The van der Waals surface area contributed by atoms with Crippen LogP contribution in [-0.4, -0.2) is 35.6 Å². The highest BCUT2D eigenvalue weighted by molar-refractivity contribution is 9.10. The van der Waals surface area contributed by atoms with Crippen molar-refractivity contribution in [3.05, 3.63) is 33.3 Å². The molecule has 3 nitrogen and oxygen atoms in total. The van der Waals surface area contributed by atoms with Crippen LogP contribution in [0, 0.1) is 0 Å². The van der Waals surface area contributed by atoms with Gasteiger partial charge in [-0.3, -0.25) is 4.79 Å². The number of rotatable bonds is 1. The van der Waals surface area contributed by atoms with Gasteiger partial charge < -0.3 is 9.64 Å². The van der Waals surface area contributed by atoms with Crippen LogP contribution in [0.25, 0.3) is 0 Å². The largest absolute Gasteiger partial charge is 0.369 e. The third-order valence-electron chi connectivity index (χ3n) is 3.04. The second-order valence-corrected chi connectivity index (χ2v) is 6.71. The molecule has 1 heterocycles. The minimum absolute atomic E-state index is 0.0265. The van der Waals surface area contributed by atoms with E-state index in [1.54, 1.807) is 6.07 Å². The van der Waals surface area contributed by atoms with Crippen molar-refractivity contribution in [3.63, 3.8) is 0 Å². The molecule has 0 bridgehead atoms. The van der Waals surface area contributed by atoms with Crippen molar-refractivity contribution in [1.29, 1.82) is 0 Å². The highest BCUT2D eigenvalue weighted by Gasteiger charge is 2.34. The van der Waals surface area contributed by atoms with E-state index in [0.29, 0.717) is 23.7 Å². The standard InChI is InChI=1S/C14H17BrClNO2/c1-9-7-17(8-14(2,3)19-9)13(18)10-5-4-6-11(15)12(10)16/h4-6,9H,7-8H2,1-3H3. The second kappa shape index (κ2) is 5.43. The number of ether oxygens (including phenoxy) is 1. The zero-order valence-corrected chi connectivity index (χ0v) is 13.6. The number of nitrogens with zero attached hydrogens (tertiary/aromatic N) is 1. The van der Waals surface area contributed by atoms with Crippen LogP contribution >= 0.6 is 27.5 Å². The van der Waals surface area contributed by atoms with Gasteiger partial charge in [0.05, 0.1) is 22.3 Å². The first-order valence-corrected chi connectivity index (χ1v) is 7.38. The fourth-order valence-electron chi connectivity index (χ4n) is 2.45. The predicted octanol–water partition coefficient (Wildman–Crippen LogP) is 3.74. The molecule has 5 heteroatoms. The Morgan fingerprint density at radius 2 is 2.21 bits per heavy atom. The fraction of sp³-hybridized carbons (Fsp3) is 0.500. The summed E-state index contributed by atoms with van der Waals surface area (Å²) in [6.07, 6.45) is 0.0265. The zero-order chi connectivity index (χ0) is 14.2. The summed E-state index contributed by atoms with van der Waals surface area (Å²) in [6.45, 7) is 7.12. The van der Waals surface area contributed by atoms with Crippen molar-refractivity contribution in [2.24, 2.45) is 0 Å². The first-order valence-electron chi connectivity index (χ1n) is 6.21. The lowest BCUT2D eigenvalue weighted by Crippen LogP contribution is -2.53. The van der Waals surface area contributed by atoms with E-state index < -0.39 is 0 Å². The highest BCUT2D eigenvalue weighted by Crippen LogP contribution is 2.29. The van der Waals surface area contributed by atoms with Gasteiger partial charge in [-0.05, 0) is 48.8 Å². The summed E-state index contributed by atoms with van der Waals surface area (Å²) in [6, 6.07) is 5.39. The van der Waals surface area contributed by atoms with Crippen LogP contribution in [-0.2, 0) is 4.74 Å². The number of halogens is 2. The summed E-state index contributed by atoms with van der Waals surface area (Å²) < 4.78 is 6.54. The van der Waals surface area contributed by atoms with Gasteiger partial charge in [0.15, 0.2) is 0 Å². The van der Waals surface area contributed by atoms with E-state index in [2.05, 4.69) is 15.9 Å². The van der Waals surface area contributed by atoms with Crippen molar-refractivity contribution in [1.82, 2.24) is 4.90 Å². The smallest absolute Gasteiger partial charge is 0.255 e. The number of carbonyl (C=O) groups excluding carboxylic acids is 1. The van der Waals surface area contributed by atoms with E-state index in [1.807, 2.05) is 37.8 Å². The molecule has 1 aliphatic heterocycles. The third-order valence-corrected chi connectivity index (χ3v) is 4.33. The summed E-state index contributed by atoms with van der Waals surface area (Å²) in [5.41, 5.74) is 0.201. The molecule has 0 N–H and O–H groups in total. The Morgan fingerprint density at radius 1 is 1.53 bits per heavy atom. The molecule has 0 saturated carbocycles. The molecule has 0 aliphatic carbocycles. The average molecular weight is 347 g/mol. The summed E-state index contributed by atoms with van der Waals surface area (Å²) >= 11 is 9.53. The van der Waals surface area contributed by atoms with Gasteiger partial charge in [0.25, 0.3) is 5.91 Å². The molecule has 1 aromatic rings. The minimum atomic E-state index is -0.328. The van der Waals surface area contributed by atoms with Crippen LogP contribution in [0.15, 0.2) is 22.7 Å². The van der Waals surface area contributed by atoms with Gasteiger partial charge in [-0.25, -0.2) is 0 Å². The Hall–Kier alpha value is -0.580. The lowest BCUT2D eigenvalue weighted by molar-refractivity contribution is -0.118. The van der Waals surface area contributed by atoms with E-state index in [-0.39, 0.29) is 17.6 Å². The number of carbonyl (C=O) groups is 1. The Bertz CT molecular complexity index is 504. The van der Waals surface area contributed by atoms with Crippen molar-refractivity contribution >= 4 is 33.4 Å². The molecular weight excluding hydrogens is 330 g/mol. The first kappa shape index (κ1) is 14.8. The number of hydrogen-bond donors (Lipinski definition) is 0. The summed E-state index contributed by atoms with van der Waals surface area (Å²) in [5.74, 6) is -0.0467. The molecule has 1 unspecified atom stereocenters. The molecule has 104 valence electrons. The lowest BCUT2D eigenvalue weighted by atomic mass is 10.0. The van der Waals surface area contributed by atoms with E-state index in [1.165, 1.54) is 0 Å². The van der Waals surface area contributed by atoms with Gasteiger partial charge >= 0.3 is 0 Å². The SMILES string of the molecule is CC1CN(C(=O)c2cccc(Br)c2Cl)CC(C)(C)O1. The molecule has 1 saturated heterocycles. The minimum Gasteiger partial charge on any atom is -0.369 e. The maximum absolute atomic E-state index is 12.6. The molecule has 1 fully saturated rings. The zero-order valence-electron chi connectivity index (χ0n) is 11.2. The van der Waals surface area contributed by atoms with E-state index >= 15 is 0 Å². The Kier molecular flexibility index (Phi) is 4.23. The molecule has 0 spiro atoms. The van der Waals surface area contributed by atoms with Crippen molar-refractivity contribution in [2.75, 3.05) is 13.1 Å². The number of hydrogen-bond acceptors (Lipinski definition) is 2. The molecule has 1 amide bonds. The maximum Gasteiger partial charge on any atom is 0.255 e. The van der Waals surface area contributed by atoms with Gasteiger partial charge in [-0.15, -0.1) is 0 Å². The van der Waals surface area contributed by atoms with Crippen molar-refractivity contribution in [3.8, 4) is 0 Å². The van der Waals surface area contributed by atoms with E-state index in [4.69, 9.17) is 16.3 Å². The topological polar surface area (TPSA) is 29.5 Å². The normalized spacial score (nSPS) is 22.4. The number of morpholine rings is 1. The Balaban J connectivity index is 2.26. The molecular formula is C14H17BrClNO2. The second-order valence-electron chi connectivity index (χ2n) is 5.48. The van der Waals surface area contributed by atoms with Crippen LogP contribution in [0.3, 0.4) is 0 Å². The first-order chi connectivity index (χ1) is 8.80. The summed E-state index contributed by atoms with van der Waals surface area (Å²) in [7, 11) is 0. The summed E-state index contributed by atoms with van der Waals surface area (Å²) in [4.78, 5) is 14.4. The molecule has 0 aromatic heterocycles. The monoisotopic (exact) mass is 345 g/mol. The van der Waals surface area contributed by atoms with Crippen molar-refractivity contribution in [2.45, 2.75) is 32.5 Å². The van der Waals surface area contributed by atoms with Crippen LogP contribution < -0.4 is 0 Å². The molecule has 1 atom stereocenters. The average Bonchev–Trinajstić information content (AvgIpc) is 2.29. The molecule has 1 aliphatic rings. The van der Waals surface area contributed by atoms with Gasteiger partial charge in [0.2, 0.25) is 0 Å². The van der Waals surface area contributed by atoms with Crippen LogP contribution in [0.4, 0.5) is 0 Å². The number of benzene rings is 1. The molecule has 1 aromatic carbocycles. The van der Waals surface area contributed by atoms with Crippen molar-refractivity contribution < 1.29 is 9.53 Å². The maximum atomic E-state index is 12.6. The summed E-state index contributed by atoms with van der Waals surface area (Å²) in [5, 5.41) is 0.462. The third kappa shape index (κ3) is 3.30. The molecule has 2 rings (SSSR count). The van der Waals surface area contributed by atoms with Crippen LogP contribution in [0.2, 0.25) is 5.02 Å². The fourth-order valence-corrected chi connectivity index (χ4v) is 3.02. The van der Waals surface area contributed by atoms with Crippen LogP contribution in [0.1, 0.15) is 31.1 Å². The Morgan fingerprint density at radius 3 is 2.84 bits per heavy atom.